The topological polar surface area (TPSA) is 88.4 Å². The molecule has 0 saturated carbocycles. The van der Waals surface area contributed by atoms with Crippen molar-refractivity contribution in [3.05, 3.63) is 78.1 Å². The third-order valence-electron chi connectivity index (χ3n) is 5.30. The minimum absolute atomic E-state index is 0.0961. The van der Waals surface area contributed by atoms with Gasteiger partial charge in [0.15, 0.2) is 0 Å². The normalized spacial score (nSPS) is 10.9. The molecule has 0 aliphatic heterocycles. The summed E-state index contributed by atoms with van der Waals surface area (Å²) < 4.78 is 15.5. The van der Waals surface area contributed by atoms with Crippen LogP contribution in [0.5, 0.6) is 0 Å². The summed E-state index contributed by atoms with van der Waals surface area (Å²) in [4.78, 5) is 32.5. The Kier molecular flexibility index (Phi) is 6.44. The van der Waals surface area contributed by atoms with Gasteiger partial charge in [-0.05, 0) is 55.3 Å². The van der Waals surface area contributed by atoms with Crippen LogP contribution in [0.1, 0.15) is 29.4 Å². The summed E-state index contributed by atoms with van der Waals surface area (Å²) in [5.41, 5.74) is 4.86. The van der Waals surface area contributed by atoms with Crippen molar-refractivity contribution >= 4 is 17.5 Å². The van der Waals surface area contributed by atoms with Crippen molar-refractivity contribution in [1.29, 1.82) is 0 Å². The second-order valence-electron chi connectivity index (χ2n) is 7.75. The SMILES string of the molecule is CC(=O)NCCCNC(=O)c1cnc2ccc(-c3cccnc3-c3ccc(F)c(C)c3)cn12. The van der Waals surface area contributed by atoms with Gasteiger partial charge in [0.05, 0.1) is 11.9 Å². The van der Waals surface area contributed by atoms with Crippen molar-refractivity contribution in [2.24, 2.45) is 0 Å². The van der Waals surface area contributed by atoms with Crippen molar-refractivity contribution in [2.45, 2.75) is 20.3 Å². The number of carbonyl (C=O) groups is 2. The highest BCUT2D eigenvalue weighted by Crippen LogP contribution is 2.31. The van der Waals surface area contributed by atoms with Gasteiger partial charge in [0.2, 0.25) is 5.91 Å². The number of amides is 2. The molecule has 7 nitrogen and oxygen atoms in total. The maximum atomic E-state index is 13.8. The van der Waals surface area contributed by atoms with Crippen LogP contribution in [0.3, 0.4) is 0 Å². The summed E-state index contributed by atoms with van der Waals surface area (Å²) in [6.07, 6.45) is 5.72. The van der Waals surface area contributed by atoms with E-state index < -0.39 is 0 Å². The molecule has 0 bridgehead atoms. The van der Waals surface area contributed by atoms with Crippen LogP contribution >= 0.6 is 0 Å². The largest absolute Gasteiger partial charge is 0.356 e. The second-order valence-corrected chi connectivity index (χ2v) is 7.75. The van der Waals surface area contributed by atoms with Crippen LogP contribution in [0.4, 0.5) is 4.39 Å². The van der Waals surface area contributed by atoms with Gasteiger partial charge in [0.25, 0.3) is 5.91 Å². The molecule has 3 heterocycles. The zero-order chi connectivity index (χ0) is 23.4. The molecule has 0 fully saturated rings. The molecule has 2 N–H and O–H groups in total. The Bertz CT molecular complexity index is 1330. The fourth-order valence-corrected chi connectivity index (χ4v) is 3.61. The van der Waals surface area contributed by atoms with E-state index in [1.165, 1.54) is 19.2 Å². The summed E-state index contributed by atoms with van der Waals surface area (Å²) in [5, 5.41) is 5.56. The maximum absolute atomic E-state index is 13.8. The quantitative estimate of drug-likeness (QED) is 0.424. The predicted molar refractivity (Wildman–Crippen MR) is 124 cm³/mol. The van der Waals surface area contributed by atoms with E-state index in [0.29, 0.717) is 36.4 Å². The molecule has 4 rings (SSSR count). The first kappa shape index (κ1) is 22.1. The number of aryl methyl sites for hydroxylation is 1. The van der Waals surface area contributed by atoms with E-state index in [9.17, 15) is 14.0 Å². The van der Waals surface area contributed by atoms with Crippen molar-refractivity contribution in [1.82, 2.24) is 25.0 Å². The minimum atomic E-state index is -0.260. The third-order valence-corrected chi connectivity index (χ3v) is 5.30. The first-order chi connectivity index (χ1) is 15.9. The number of nitrogens with one attached hydrogen (secondary N) is 2. The summed E-state index contributed by atoms with van der Waals surface area (Å²) in [5.74, 6) is -0.604. The number of imidazole rings is 1. The van der Waals surface area contributed by atoms with Gasteiger partial charge in [-0.2, -0.15) is 0 Å². The number of halogens is 1. The standard InChI is InChI=1S/C25H24FN5O2/c1-16-13-18(6-8-21(16)26)24-20(5-3-10-28-24)19-7-9-23-30-14-22(31(23)15-19)25(33)29-12-4-11-27-17(2)32/h3,5-10,13-15H,4,11-12H2,1-2H3,(H,27,32)(H,29,33). The molecule has 0 aliphatic rings. The van der Waals surface area contributed by atoms with Crippen LogP contribution in [0.25, 0.3) is 28.0 Å². The number of pyridine rings is 2. The molecule has 0 atom stereocenters. The number of rotatable bonds is 7. The molecule has 1 aromatic carbocycles. The third kappa shape index (κ3) is 4.90. The van der Waals surface area contributed by atoms with Gasteiger partial charge >= 0.3 is 0 Å². The van der Waals surface area contributed by atoms with Crippen LogP contribution in [-0.2, 0) is 4.79 Å². The lowest BCUT2D eigenvalue weighted by molar-refractivity contribution is -0.118. The molecule has 4 aromatic rings. The predicted octanol–water partition coefficient (Wildman–Crippen LogP) is 3.77. The Labute approximate surface area is 190 Å². The first-order valence-electron chi connectivity index (χ1n) is 10.7. The van der Waals surface area contributed by atoms with Crippen molar-refractivity contribution in [2.75, 3.05) is 13.1 Å². The highest BCUT2D eigenvalue weighted by atomic mass is 19.1. The molecule has 2 amide bonds. The molecule has 8 heteroatoms. The number of nitrogens with zero attached hydrogens (tertiary/aromatic N) is 3. The molecule has 33 heavy (non-hydrogen) atoms. The highest BCUT2D eigenvalue weighted by molar-refractivity contribution is 5.93. The van der Waals surface area contributed by atoms with Gasteiger partial charge < -0.3 is 10.6 Å². The zero-order valence-corrected chi connectivity index (χ0v) is 18.4. The molecule has 0 aliphatic carbocycles. The lowest BCUT2D eigenvalue weighted by Gasteiger charge is -2.11. The molecule has 0 radical (unpaired) electrons. The summed E-state index contributed by atoms with van der Waals surface area (Å²) in [6, 6.07) is 12.5. The van der Waals surface area contributed by atoms with E-state index in [1.54, 1.807) is 29.7 Å². The molecule has 168 valence electrons. The zero-order valence-electron chi connectivity index (χ0n) is 18.4. The lowest BCUT2D eigenvalue weighted by Crippen LogP contribution is -2.29. The summed E-state index contributed by atoms with van der Waals surface area (Å²) >= 11 is 0. The Morgan fingerprint density at radius 1 is 1.03 bits per heavy atom. The number of hydrogen-bond donors (Lipinski definition) is 2. The van der Waals surface area contributed by atoms with Gasteiger partial charge in [-0.15, -0.1) is 0 Å². The number of carbonyl (C=O) groups excluding carboxylic acids is 2. The van der Waals surface area contributed by atoms with Gasteiger partial charge in [0, 0.05) is 49.1 Å². The van der Waals surface area contributed by atoms with E-state index in [4.69, 9.17) is 0 Å². The lowest BCUT2D eigenvalue weighted by atomic mass is 9.99. The maximum Gasteiger partial charge on any atom is 0.269 e. The van der Waals surface area contributed by atoms with Crippen LogP contribution in [-0.4, -0.2) is 39.3 Å². The average Bonchev–Trinajstić information content (AvgIpc) is 3.24. The van der Waals surface area contributed by atoms with Crippen LogP contribution in [0.15, 0.2) is 61.1 Å². The van der Waals surface area contributed by atoms with Crippen LogP contribution in [0, 0.1) is 12.7 Å². The minimum Gasteiger partial charge on any atom is -0.356 e. The Hall–Kier alpha value is -4.07. The monoisotopic (exact) mass is 445 g/mol. The van der Waals surface area contributed by atoms with Crippen LogP contribution < -0.4 is 10.6 Å². The molecule has 0 spiro atoms. The summed E-state index contributed by atoms with van der Waals surface area (Å²) in [7, 11) is 0. The molecular weight excluding hydrogens is 421 g/mol. The Morgan fingerprint density at radius 2 is 1.82 bits per heavy atom. The van der Waals surface area contributed by atoms with Crippen molar-refractivity contribution < 1.29 is 14.0 Å². The van der Waals surface area contributed by atoms with Gasteiger partial charge in [-0.25, -0.2) is 9.37 Å². The molecule has 0 unspecified atom stereocenters. The number of hydrogen-bond acceptors (Lipinski definition) is 4. The average molecular weight is 445 g/mol. The molecule has 3 aromatic heterocycles. The Morgan fingerprint density at radius 3 is 2.61 bits per heavy atom. The van der Waals surface area contributed by atoms with E-state index in [-0.39, 0.29) is 17.6 Å². The number of benzene rings is 1. The molecular formula is C25H24FN5O2. The van der Waals surface area contributed by atoms with Crippen molar-refractivity contribution in [3.8, 4) is 22.4 Å². The van der Waals surface area contributed by atoms with E-state index in [2.05, 4.69) is 20.6 Å². The highest BCUT2D eigenvalue weighted by Gasteiger charge is 2.15. The van der Waals surface area contributed by atoms with E-state index in [0.717, 1.165) is 22.4 Å². The van der Waals surface area contributed by atoms with E-state index in [1.807, 2.05) is 30.5 Å². The number of aromatic nitrogens is 3. The fourth-order valence-electron chi connectivity index (χ4n) is 3.61. The Balaban J connectivity index is 1.62. The van der Waals surface area contributed by atoms with E-state index >= 15 is 0 Å². The van der Waals surface area contributed by atoms with Gasteiger partial charge in [-0.3, -0.25) is 19.0 Å². The first-order valence-corrected chi connectivity index (χ1v) is 10.7. The van der Waals surface area contributed by atoms with Crippen molar-refractivity contribution in [3.63, 3.8) is 0 Å². The van der Waals surface area contributed by atoms with Gasteiger partial charge in [-0.1, -0.05) is 6.07 Å². The number of fused-ring (bicyclic) bond motifs is 1. The van der Waals surface area contributed by atoms with Crippen LogP contribution in [0.2, 0.25) is 0 Å². The van der Waals surface area contributed by atoms with Gasteiger partial charge in [0.1, 0.15) is 17.2 Å². The summed E-state index contributed by atoms with van der Waals surface area (Å²) in [6.45, 7) is 4.11. The smallest absolute Gasteiger partial charge is 0.269 e. The fraction of sp³-hybridized carbons (Fsp3) is 0.200. The molecule has 0 saturated heterocycles. The second kappa shape index (κ2) is 9.60.